The van der Waals surface area contributed by atoms with Gasteiger partial charge in [-0.05, 0) is 62.6 Å². The summed E-state index contributed by atoms with van der Waals surface area (Å²) in [5, 5.41) is 6.51. The molecule has 1 aliphatic rings. The van der Waals surface area contributed by atoms with Gasteiger partial charge in [-0.1, -0.05) is 23.2 Å². The SMILES string of the molecule is CCOCCCNC(=O)c1cc(NC(=O)c2ccc(Cl)cc2Cl)ccc1N1CCCC1. The molecule has 2 amide bonds. The van der Waals surface area contributed by atoms with E-state index in [0.29, 0.717) is 41.6 Å². The Bertz CT molecular complexity index is 930. The van der Waals surface area contributed by atoms with Crippen molar-refractivity contribution >= 4 is 46.4 Å². The molecule has 0 unspecified atom stereocenters. The van der Waals surface area contributed by atoms with E-state index in [1.165, 1.54) is 6.07 Å². The molecule has 166 valence electrons. The minimum atomic E-state index is -0.362. The minimum absolute atomic E-state index is 0.168. The first-order valence-electron chi connectivity index (χ1n) is 10.5. The van der Waals surface area contributed by atoms with Gasteiger partial charge in [-0.15, -0.1) is 0 Å². The van der Waals surface area contributed by atoms with E-state index in [-0.39, 0.29) is 16.8 Å². The molecule has 8 heteroatoms. The zero-order chi connectivity index (χ0) is 22.2. The highest BCUT2D eigenvalue weighted by Gasteiger charge is 2.21. The van der Waals surface area contributed by atoms with Crippen molar-refractivity contribution in [2.45, 2.75) is 26.2 Å². The van der Waals surface area contributed by atoms with Crippen molar-refractivity contribution in [1.29, 1.82) is 0 Å². The van der Waals surface area contributed by atoms with Crippen molar-refractivity contribution in [1.82, 2.24) is 5.32 Å². The predicted octanol–water partition coefficient (Wildman–Crippen LogP) is 5.00. The van der Waals surface area contributed by atoms with Gasteiger partial charge in [0.2, 0.25) is 0 Å². The van der Waals surface area contributed by atoms with Gasteiger partial charge in [0.25, 0.3) is 11.8 Å². The summed E-state index contributed by atoms with van der Waals surface area (Å²) in [5.41, 5.74) is 2.26. The predicted molar refractivity (Wildman–Crippen MR) is 126 cm³/mol. The number of hydrogen-bond donors (Lipinski definition) is 2. The average molecular weight is 464 g/mol. The van der Waals surface area contributed by atoms with Crippen LogP contribution in [-0.2, 0) is 4.74 Å². The number of hydrogen-bond acceptors (Lipinski definition) is 4. The van der Waals surface area contributed by atoms with Crippen LogP contribution in [0.25, 0.3) is 0 Å². The van der Waals surface area contributed by atoms with Gasteiger partial charge < -0.3 is 20.3 Å². The first-order chi connectivity index (χ1) is 15.0. The summed E-state index contributed by atoms with van der Waals surface area (Å²) in [6, 6.07) is 10.1. The molecule has 1 saturated heterocycles. The number of anilines is 2. The normalized spacial score (nSPS) is 13.3. The van der Waals surface area contributed by atoms with Crippen LogP contribution in [0.4, 0.5) is 11.4 Å². The molecule has 0 radical (unpaired) electrons. The van der Waals surface area contributed by atoms with Crippen LogP contribution >= 0.6 is 23.2 Å². The van der Waals surface area contributed by atoms with Gasteiger partial charge in [0.1, 0.15) is 0 Å². The number of ether oxygens (including phenoxy) is 1. The Morgan fingerprint density at radius 2 is 1.81 bits per heavy atom. The fourth-order valence-electron chi connectivity index (χ4n) is 3.52. The molecular formula is C23H27Cl2N3O3. The summed E-state index contributed by atoms with van der Waals surface area (Å²) in [4.78, 5) is 27.8. The van der Waals surface area contributed by atoms with Gasteiger partial charge in [-0.25, -0.2) is 0 Å². The van der Waals surface area contributed by atoms with E-state index in [2.05, 4.69) is 15.5 Å². The molecule has 0 atom stereocenters. The summed E-state index contributed by atoms with van der Waals surface area (Å²) < 4.78 is 5.32. The van der Waals surface area contributed by atoms with Crippen LogP contribution in [0.5, 0.6) is 0 Å². The van der Waals surface area contributed by atoms with Crippen molar-refractivity contribution in [3.8, 4) is 0 Å². The lowest BCUT2D eigenvalue weighted by molar-refractivity contribution is 0.0943. The van der Waals surface area contributed by atoms with Gasteiger partial charge in [-0.3, -0.25) is 9.59 Å². The van der Waals surface area contributed by atoms with Gasteiger partial charge in [0.05, 0.1) is 16.1 Å². The summed E-state index contributed by atoms with van der Waals surface area (Å²) >= 11 is 12.1. The molecule has 3 rings (SSSR count). The van der Waals surface area contributed by atoms with E-state index >= 15 is 0 Å². The third-order valence-electron chi connectivity index (χ3n) is 5.08. The maximum Gasteiger partial charge on any atom is 0.257 e. The highest BCUT2D eigenvalue weighted by Crippen LogP contribution is 2.28. The second-order valence-electron chi connectivity index (χ2n) is 7.31. The number of nitrogens with zero attached hydrogens (tertiary/aromatic N) is 1. The van der Waals surface area contributed by atoms with Crippen LogP contribution in [0.3, 0.4) is 0 Å². The smallest absolute Gasteiger partial charge is 0.257 e. The molecule has 2 aromatic carbocycles. The fraction of sp³-hybridized carbons (Fsp3) is 0.391. The zero-order valence-electron chi connectivity index (χ0n) is 17.5. The standard InChI is InChI=1S/C23H27Cl2N3O3/c1-2-31-13-5-10-26-22(29)19-15-17(7-9-21(19)28-11-3-4-12-28)27-23(30)18-8-6-16(24)14-20(18)25/h6-9,14-15H,2-5,10-13H2,1H3,(H,26,29)(H,27,30). The molecule has 0 aliphatic carbocycles. The second kappa shape index (κ2) is 11.4. The van der Waals surface area contributed by atoms with Crippen molar-refractivity contribution in [2.75, 3.05) is 43.1 Å². The topological polar surface area (TPSA) is 70.7 Å². The fourth-order valence-corrected chi connectivity index (χ4v) is 4.01. The third-order valence-corrected chi connectivity index (χ3v) is 5.62. The number of halogens is 2. The van der Waals surface area contributed by atoms with E-state index in [4.69, 9.17) is 27.9 Å². The first-order valence-corrected chi connectivity index (χ1v) is 11.3. The Morgan fingerprint density at radius 1 is 1.03 bits per heavy atom. The molecule has 1 heterocycles. The lowest BCUT2D eigenvalue weighted by atomic mass is 10.1. The lowest BCUT2D eigenvalue weighted by Gasteiger charge is -2.22. The van der Waals surface area contributed by atoms with Gasteiger partial charge in [-0.2, -0.15) is 0 Å². The maximum atomic E-state index is 12.9. The van der Waals surface area contributed by atoms with E-state index in [1.54, 1.807) is 24.3 Å². The minimum Gasteiger partial charge on any atom is -0.382 e. The second-order valence-corrected chi connectivity index (χ2v) is 8.15. The van der Waals surface area contributed by atoms with E-state index in [1.807, 2.05) is 13.0 Å². The number of amides is 2. The third kappa shape index (κ3) is 6.35. The van der Waals surface area contributed by atoms with Gasteiger partial charge in [0, 0.05) is 49.2 Å². The Morgan fingerprint density at radius 3 is 2.52 bits per heavy atom. The van der Waals surface area contributed by atoms with Crippen molar-refractivity contribution in [3.05, 3.63) is 57.6 Å². The number of rotatable bonds is 9. The molecule has 1 fully saturated rings. The Hall–Kier alpha value is -2.28. The monoisotopic (exact) mass is 463 g/mol. The molecule has 0 spiro atoms. The molecule has 31 heavy (non-hydrogen) atoms. The Kier molecular flexibility index (Phi) is 8.58. The van der Waals surface area contributed by atoms with Gasteiger partial charge in [0.15, 0.2) is 0 Å². The van der Waals surface area contributed by atoms with Crippen molar-refractivity contribution in [2.24, 2.45) is 0 Å². The number of carbonyl (C=O) groups is 2. The summed E-state index contributed by atoms with van der Waals surface area (Å²) in [5.74, 6) is -0.530. The Balaban J connectivity index is 1.77. The Labute approximate surface area is 192 Å². The van der Waals surface area contributed by atoms with Crippen molar-refractivity contribution < 1.29 is 14.3 Å². The molecule has 0 bridgehead atoms. The summed E-state index contributed by atoms with van der Waals surface area (Å²) in [6.45, 7) is 5.56. The molecule has 6 nitrogen and oxygen atoms in total. The van der Waals surface area contributed by atoms with Crippen LogP contribution in [0, 0.1) is 0 Å². The molecule has 0 saturated carbocycles. The van der Waals surface area contributed by atoms with Crippen LogP contribution < -0.4 is 15.5 Å². The van der Waals surface area contributed by atoms with Gasteiger partial charge >= 0.3 is 0 Å². The largest absolute Gasteiger partial charge is 0.382 e. The van der Waals surface area contributed by atoms with Crippen molar-refractivity contribution in [3.63, 3.8) is 0 Å². The van der Waals surface area contributed by atoms with E-state index < -0.39 is 0 Å². The quantitative estimate of drug-likeness (QED) is 0.513. The maximum absolute atomic E-state index is 12.9. The van der Waals surface area contributed by atoms with Crippen LogP contribution in [0.1, 0.15) is 46.9 Å². The van der Waals surface area contributed by atoms with Crippen LogP contribution in [0.15, 0.2) is 36.4 Å². The summed E-state index contributed by atoms with van der Waals surface area (Å²) in [7, 11) is 0. The number of carbonyl (C=O) groups excluding carboxylic acids is 2. The molecule has 2 aromatic rings. The first kappa shape index (κ1) is 23.4. The highest BCUT2D eigenvalue weighted by molar-refractivity contribution is 6.37. The molecule has 1 aliphatic heterocycles. The highest BCUT2D eigenvalue weighted by atomic mass is 35.5. The average Bonchev–Trinajstić information content (AvgIpc) is 3.28. The molecular weight excluding hydrogens is 437 g/mol. The number of nitrogens with one attached hydrogen (secondary N) is 2. The van der Waals surface area contributed by atoms with E-state index in [0.717, 1.165) is 38.0 Å². The summed E-state index contributed by atoms with van der Waals surface area (Å²) in [6.07, 6.45) is 2.94. The van der Waals surface area contributed by atoms with Crippen LogP contribution in [-0.4, -0.2) is 44.7 Å². The number of benzene rings is 2. The molecule has 0 aromatic heterocycles. The lowest BCUT2D eigenvalue weighted by Crippen LogP contribution is -2.29. The van der Waals surface area contributed by atoms with E-state index in [9.17, 15) is 9.59 Å². The zero-order valence-corrected chi connectivity index (χ0v) is 19.1. The molecule has 2 N–H and O–H groups in total. The van der Waals surface area contributed by atoms with Crippen LogP contribution in [0.2, 0.25) is 10.0 Å².